The molecule has 18 heavy (non-hydrogen) atoms. The molecule has 0 spiro atoms. The fourth-order valence-corrected chi connectivity index (χ4v) is 1.68. The molecule has 2 rings (SSSR count). The maximum atomic E-state index is 11.6. The number of anilines is 2. The maximum absolute atomic E-state index is 11.6. The van der Waals surface area contributed by atoms with Crippen molar-refractivity contribution in [3.63, 3.8) is 0 Å². The van der Waals surface area contributed by atoms with Crippen LogP contribution in [0, 0.1) is 0 Å². The number of nitrogens with zero attached hydrogens (tertiary/aromatic N) is 1. The molecule has 6 heteroatoms. The number of aldehydes is 1. The van der Waals surface area contributed by atoms with Crippen molar-refractivity contribution in [2.45, 2.75) is 19.3 Å². The van der Waals surface area contributed by atoms with E-state index in [2.05, 4.69) is 15.3 Å². The van der Waals surface area contributed by atoms with Crippen LogP contribution in [-0.2, 0) is 9.59 Å². The molecular weight excluding hydrogens is 232 g/mol. The van der Waals surface area contributed by atoms with E-state index in [0.29, 0.717) is 30.9 Å². The lowest BCUT2D eigenvalue weighted by molar-refractivity contribution is -0.116. The number of benzene rings is 1. The number of nitrogens with one attached hydrogen (secondary N) is 2. The molecular formula is C12H14N4O2. The zero-order valence-electron chi connectivity index (χ0n) is 9.77. The molecule has 0 atom stereocenters. The van der Waals surface area contributed by atoms with E-state index in [9.17, 15) is 9.59 Å². The number of carbonyl (C=O) groups is 2. The second-order valence-electron chi connectivity index (χ2n) is 3.96. The van der Waals surface area contributed by atoms with E-state index in [4.69, 9.17) is 5.73 Å². The summed E-state index contributed by atoms with van der Waals surface area (Å²) >= 11 is 0. The predicted octanol–water partition coefficient (Wildman–Crippen LogP) is 1.45. The van der Waals surface area contributed by atoms with Gasteiger partial charge in [0.2, 0.25) is 5.91 Å². The summed E-state index contributed by atoms with van der Waals surface area (Å²) in [5, 5.41) is 2.76. The van der Waals surface area contributed by atoms with Crippen LogP contribution < -0.4 is 11.1 Å². The van der Waals surface area contributed by atoms with Gasteiger partial charge in [-0.25, -0.2) is 4.98 Å². The Hall–Kier alpha value is -2.37. The van der Waals surface area contributed by atoms with E-state index in [1.807, 2.05) is 0 Å². The molecule has 1 amide bonds. The first-order chi connectivity index (χ1) is 8.69. The molecule has 0 saturated carbocycles. The number of nitrogen functional groups attached to an aromatic ring is 1. The van der Waals surface area contributed by atoms with Crippen LogP contribution in [-0.4, -0.2) is 22.2 Å². The van der Waals surface area contributed by atoms with Crippen molar-refractivity contribution < 1.29 is 9.59 Å². The highest BCUT2D eigenvalue weighted by molar-refractivity contribution is 5.93. The molecule has 2 aromatic rings. The monoisotopic (exact) mass is 246 g/mol. The molecule has 0 aliphatic carbocycles. The summed E-state index contributed by atoms with van der Waals surface area (Å²) in [5.74, 6) is 0.239. The molecule has 0 unspecified atom stereocenters. The Morgan fingerprint density at radius 3 is 3.11 bits per heavy atom. The number of aromatic amines is 1. The van der Waals surface area contributed by atoms with Crippen molar-refractivity contribution in [1.82, 2.24) is 9.97 Å². The minimum Gasteiger partial charge on any atom is -0.369 e. The van der Waals surface area contributed by atoms with Crippen LogP contribution in [0.4, 0.5) is 11.6 Å². The van der Waals surface area contributed by atoms with Gasteiger partial charge in [0.15, 0.2) is 5.95 Å². The fraction of sp³-hybridized carbons (Fsp3) is 0.250. The van der Waals surface area contributed by atoms with Gasteiger partial charge < -0.3 is 20.8 Å². The van der Waals surface area contributed by atoms with Crippen LogP contribution >= 0.6 is 0 Å². The number of nitrogens with two attached hydrogens (primary N) is 1. The largest absolute Gasteiger partial charge is 0.369 e. The van der Waals surface area contributed by atoms with Gasteiger partial charge >= 0.3 is 0 Å². The summed E-state index contributed by atoms with van der Waals surface area (Å²) in [6.07, 6.45) is 2.12. The van der Waals surface area contributed by atoms with Crippen molar-refractivity contribution in [1.29, 1.82) is 0 Å². The van der Waals surface area contributed by atoms with Gasteiger partial charge in [-0.1, -0.05) is 0 Å². The average molecular weight is 246 g/mol. The maximum Gasteiger partial charge on any atom is 0.224 e. The minimum atomic E-state index is -0.108. The average Bonchev–Trinajstić information content (AvgIpc) is 2.69. The SMILES string of the molecule is Nc1nc2ccc(NC(=O)CCCC=O)cc2[nH]1. The Morgan fingerprint density at radius 1 is 1.50 bits per heavy atom. The lowest BCUT2D eigenvalue weighted by Gasteiger charge is -2.04. The molecule has 1 heterocycles. The van der Waals surface area contributed by atoms with E-state index in [-0.39, 0.29) is 5.91 Å². The fourth-order valence-electron chi connectivity index (χ4n) is 1.68. The van der Waals surface area contributed by atoms with Crippen molar-refractivity contribution in [2.75, 3.05) is 11.1 Å². The third-order valence-electron chi connectivity index (χ3n) is 2.51. The standard InChI is InChI=1S/C12H14N4O2/c13-12-15-9-5-4-8(7-10(9)16-12)14-11(18)3-1-2-6-17/h4-7H,1-3H2,(H,14,18)(H3,13,15,16). The quantitative estimate of drug-likeness (QED) is 0.549. The summed E-state index contributed by atoms with van der Waals surface area (Å²) in [6, 6.07) is 5.32. The lowest BCUT2D eigenvalue weighted by atomic mass is 10.2. The highest BCUT2D eigenvalue weighted by Gasteiger charge is 2.04. The van der Waals surface area contributed by atoms with E-state index in [1.54, 1.807) is 18.2 Å². The number of carbonyl (C=O) groups excluding carboxylic acids is 2. The number of hydrogen-bond donors (Lipinski definition) is 3. The first-order valence-corrected chi connectivity index (χ1v) is 5.68. The molecule has 6 nitrogen and oxygen atoms in total. The number of unbranched alkanes of at least 4 members (excludes halogenated alkanes) is 1. The summed E-state index contributed by atoms with van der Waals surface area (Å²) in [5.41, 5.74) is 7.75. The molecule has 0 radical (unpaired) electrons. The van der Waals surface area contributed by atoms with Gasteiger partial charge in [0.05, 0.1) is 11.0 Å². The van der Waals surface area contributed by atoms with Crippen molar-refractivity contribution in [3.8, 4) is 0 Å². The van der Waals surface area contributed by atoms with E-state index in [0.717, 1.165) is 17.3 Å². The first kappa shape index (κ1) is 12.1. The van der Waals surface area contributed by atoms with Crippen LogP contribution in [0.15, 0.2) is 18.2 Å². The Kier molecular flexibility index (Phi) is 3.57. The van der Waals surface area contributed by atoms with Crippen LogP contribution in [0.2, 0.25) is 0 Å². The smallest absolute Gasteiger partial charge is 0.224 e. The number of H-pyrrole nitrogens is 1. The number of fused-ring (bicyclic) bond motifs is 1. The van der Waals surface area contributed by atoms with Gasteiger partial charge in [0.1, 0.15) is 6.29 Å². The third kappa shape index (κ3) is 2.85. The second-order valence-corrected chi connectivity index (χ2v) is 3.96. The van der Waals surface area contributed by atoms with E-state index < -0.39 is 0 Å². The predicted molar refractivity (Wildman–Crippen MR) is 69.1 cm³/mol. The molecule has 0 aliphatic rings. The summed E-state index contributed by atoms with van der Waals surface area (Å²) < 4.78 is 0. The summed E-state index contributed by atoms with van der Waals surface area (Å²) in [4.78, 5) is 28.6. The normalized spacial score (nSPS) is 10.4. The van der Waals surface area contributed by atoms with Gasteiger partial charge in [-0.2, -0.15) is 0 Å². The summed E-state index contributed by atoms with van der Waals surface area (Å²) in [6.45, 7) is 0. The zero-order valence-corrected chi connectivity index (χ0v) is 9.77. The first-order valence-electron chi connectivity index (χ1n) is 5.68. The topological polar surface area (TPSA) is 101 Å². The van der Waals surface area contributed by atoms with Crippen molar-refractivity contribution in [3.05, 3.63) is 18.2 Å². The van der Waals surface area contributed by atoms with E-state index >= 15 is 0 Å². The Morgan fingerprint density at radius 2 is 2.33 bits per heavy atom. The minimum absolute atomic E-state index is 0.108. The molecule has 4 N–H and O–H groups in total. The van der Waals surface area contributed by atoms with Gasteiger partial charge in [0.25, 0.3) is 0 Å². The van der Waals surface area contributed by atoms with Crippen LogP contribution in [0.25, 0.3) is 11.0 Å². The molecule has 0 saturated heterocycles. The molecule has 0 aliphatic heterocycles. The van der Waals surface area contributed by atoms with Crippen LogP contribution in [0.1, 0.15) is 19.3 Å². The number of amides is 1. The number of hydrogen-bond acceptors (Lipinski definition) is 4. The Labute approximate surface area is 104 Å². The number of aromatic nitrogens is 2. The van der Waals surface area contributed by atoms with Gasteiger partial charge in [-0.3, -0.25) is 4.79 Å². The van der Waals surface area contributed by atoms with Crippen molar-refractivity contribution in [2.24, 2.45) is 0 Å². The molecule has 0 bridgehead atoms. The van der Waals surface area contributed by atoms with E-state index in [1.165, 1.54) is 0 Å². The highest BCUT2D eigenvalue weighted by Crippen LogP contribution is 2.18. The van der Waals surface area contributed by atoms with Gasteiger partial charge in [-0.15, -0.1) is 0 Å². The third-order valence-corrected chi connectivity index (χ3v) is 2.51. The Bertz CT molecular complexity index is 576. The number of rotatable bonds is 5. The molecule has 1 aromatic heterocycles. The summed E-state index contributed by atoms with van der Waals surface area (Å²) in [7, 11) is 0. The van der Waals surface area contributed by atoms with Gasteiger partial charge in [0, 0.05) is 18.5 Å². The second kappa shape index (κ2) is 5.31. The molecule has 94 valence electrons. The highest BCUT2D eigenvalue weighted by atomic mass is 16.1. The molecule has 1 aromatic carbocycles. The lowest BCUT2D eigenvalue weighted by Crippen LogP contribution is -2.10. The van der Waals surface area contributed by atoms with Crippen LogP contribution in [0.5, 0.6) is 0 Å². The zero-order chi connectivity index (χ0) is 13.0. The van der Waals surface area contributed by atoms with Crippen molar-refractivity contribution >= 4 is 34.9 Å². The molecule has 0 fully saturated rings. The van der Waals surface area contributed by atoms with Crippen LogP contribution in [0.3, 0.4) is 0 Å². The number of imidazole rings is 1. The Balaban J connectivity index is 2.02. The van der Waals surface area contributed by atoms with Gasteiger partial charge in [-0.05, 0) is 24.6 Å².